The number of hydrogen-bond donors (Lipinski definition) is 6. The Bertz CT molecular complexity index is 543. The maximum atomic E-state index is 12.3. The molecule has 0 bridgehead atoms. The molecule has 0 aliphatic rings. The Morgan fingerprint density at radius 3 is 2.23 bits per heavy atom. The highest BCUT2D eigenvalue weighted by molar-refractivity contribution is 5.83. The molecule has 0 aliphatic heterocycles. The highest BCUT2D eigenvalue weighted by Gasteiger charge is 2.26. The number of carbonyl (C=O) groups excluding carboxylic acids is 2. The first-order valence-corrected chi connectivity index (χ1v) is 8.52. The lowest BCUT2D eigenvalue weighted by atomic mass is 10.0. The van der Waals surface area contributed by atoms with E-state index in [-0.39, 0.29) is 24.0 Å². The minimum atomic E-state index is -0.922. The first kappa shape index (κ1) is 23.7. The number of ketones is 1. The molecule has 0 rings (SSSR count). The van der Waals surface area contributed by atoms with E-state index in [2.05, 4.69) is 29.1 Å². The van der Waals surface area contributed by atoms with Crippen LogP contribution < -0.4 is 27.4 Å². The smallest absolute Gasteiger partial charge is 0.237 e. The number of hydrogen-bond acceptors (Lipinski definition) is 7. The largest absolute Gasteiger partial charge is 0.401 e. The van der Waals surface area contributed by atoms with E-state index in [1.807, 2.05) is 13.8 Å². The van der Waals surface area contributed by atoms with Crippen LogP contribution >= 0.6 is 0 Å². The van der Waals surface area contributed by atoms with Crippen LogP contribution in [0.5, 0.6) is 0 Å². The van der Waals surface area contributed by atoms with Crippen LogP contribution in [-0.2, 0) is 9.59 Å². The second-order valence-electron chi connectivity index (χ2n) is 6.62. The molecule has 4 atom stereocenters. The third kappa shape index (κ3) is 8.17. The molecule has 26 heavy (non-hydrogen) atoms. The maximum Gasteiger partial charge on any atom is 0.237 e. The van der Waals surface area contributed by atoms with E-state index in [0.717, 1.165) is 0 Å². The quantitative estimate of drug-likeness (QED) is 0.281. The summed E-state index contributed by atoms with van der Waals surface area (Å²) in [5, 5.41) is 18.2. The Morgan fingerprint density at radius 1 is 1.23 bits per heavy atom. The Hall–Kier alpha value is -2.32. The van der Waals surface area contributed by atoms with Gasteiger partial charge in [0, 0.05) is 24.0 Å². The Labute approximate surface area is 155 Å². The lowest BCUT2D eigenvalue weighted by Crippen LogP contribution is -2.52. The summed E-state index contributed by atoms with van der Waals surface area (Å²) in [6.07, 6.45) is 2.31. The number of rotatable bonds is 12. The standard InChI is InChI=1S/C18H33N5O3/c1-7-21-9-14(19)8-15(23-18(26)16(20)10(2)3)11(4)22-17(12(5)24)13(6)25/h7,9-10,12,15-17,21-22,24H,1,4,8,19-20H2,2-3,5-6H3,(H,23,26)/b14-9-/t12-,15+,16+,17+/m1/s1. The highest BCUT2D eigenvalue weighted by atomic mass is 16.3. The van der Waals surface area contributed by atoms with Gasteiger partial charge >= 0.3 is 0 Å². The number of carbonyl (C=O) groups is 2. The summed E-state index contributed by atoms with van der Waals surface area (Å²) in [4.78, 5) is 24.0. The van der Waals surface area contributed by atoms with Crippen molar-refractivity contribution in [1.29, 1.82) is 0 Å². The second kappa shape index (κ2) is 11.3. The van der Waals surface area contributed by atoms with Crippen molar-refractivity contribution in [1.82, 2.24) is 16.0 Å². The van der Waals surface area contributed by atoms with Crippen molar-refractivity contribution >= 4 is 11.7 Å². The van der Waals surface area contributed by atoms with Gasteiger partial charge in [-0.1, -0.05) is 27.0 Å². The first-order valence-electron chi connectivity index (χ1n) is 8.52. The van der Waals surface area contributed by atoms with E-state index in [0.29, 0.717) is 11.4 Å². The number of aliphatic hydroxyl groups excluding tert-OH is 1. The molecule has 1 amide bonds. The van der Waals surface area contributed by atoms with Gasteiger partial charge in [0.25, 0.3) is 0 Å². The fourth-order valence-corrected chi connectivity index (χ4v) is 2.15. The third-order valence-electron chi connectivity index (χ3n) is 3.85. The van der Waals surface area contributed by atoms with Gasteiger partial charge in [-0.05, 0) is 26.0 Å². The molecule has 0 saturated heterocycles. The van der Waals surface area contributed by atoms with Gasteiger partial charge in [-0.3, -0.25) is 9.59 Å². The van der Waals surface area contributed by atoms with Crippen LogP contribution in [0.15, 0.2) is 37.0 Å². The molecule has 148 valence electrons. The molecule has 0 aromatic carbocycles. The zero-order chi connectivity index (χ0) is 20.4. The lowest BCUT2D eigenvalue weighted by Gasteiger charge is -2.28. The zero-order valence-electron chi connectivity index (χ0n) is 16.1. The van der Waals surface area contributed by atoms with Crippen LogP contribution in [0.3, 0.4) is 0 Å². The summed E-state index contributed by atoms with van der Waals surface area (Å²) < 4.78 is 0. The Morgan fingerprint density at radius 2 is 1.81 bits per heavy atom. The van der Waals surface area contributed by atoms with Crippen molar-refractivity contribution in [2.45, 2.75) is 58.3 Å². The molecule has 0 aromatic rings. The van der Waals surface area contributed by atoms with E-state index >= 15 is 0 Å². The second-order valence-corrected chi connectivity index (χ2v) is 6.62. The van der Waals surface area contributed by atoms with Gasteiger partial charge in [0.05, 0.1) is 18.2 Å². The molecule has 0 aliphatic carbocycles. The average Bonchev–Trinajstić information content (AvgIpc) is 2.55. The van der Waals surface area contributed by atoms with Gasteiger partial charge in [0.1, 0.15) is 6.04 Å². The molecule has 8 nitrogen and oxygen atoms in total. The van der Waals surface area contributed by atoms with Crippen LogP contribution in [0, 0.1) is 5.92 Å². The van der Waals surface area contributed by atoms with Gasteiger partial charge in [-0.2, -0.15) is 0 Å². The van der Waals surface area contributed by atoms with Gasteiger partial charge in [-0.25, -0.2) is 0 Å². The van der Waals surface area contributed by atoms with E-state index < -0.39 is 24.2 Å². The zero-order valence-corrected chi connectivity index (χ0v) is 16.1. The van der Waals surface area contributed by atoms with Crippen molar-refractivity contribution in [3.05, 3.63) is 37.0 Å². The molecule has 0 spiro atoms. The predicted molar refractivity (Wildman–Crippen MR) is 103 cm³/mol. The minimum Gasteiger partial charge on any atom is -0.401 e. The minimum absolute atomic E-state index is 0.0466. The fourth-order valence-electron chi connectivity index (χ4n) is 2.15. The van der Waals surface area contributed by atoms with E-state index in [9.17, 15) is 14.7 Å². The molecule has 0 radical (unpaired) electrons. The molecule has 0 saturated carbocycles. The topological polar surface area (TPSA) is 142 Å². The van der Waals surface area contributed by atoms with Crippen LogP contribution in [0.2, 0.25) is 0 Å². The number of nitrogens with two attached hydrogens (primary N) is 2. The normalized spacial score (nSPS) is 16.2. The predicted octanol–water partition coefficient (Wildman–Crippen LogP) is -0.180. The SMILES string of the molecule is C=CN/C=C(\N)C[C@H](NC(=O)[C@@H](N)C(C)C)C(=C)N[C@H](C(C)=O)[C@@H](C)O. The first-order chi connectivity index (χ1) is 12.0. The van der Waals surface area contributed by atoms with Crippen LogP contribution in [-0.4, -0.2) is 41.0 Å². The van der Waals surface area contributed by atoms with Crippen molar-refractivity contribution < 1.29 is 14.7 Å². The van der Waals surface area contributed by atoms with Crippen molar-refractivity contribution in [2.75, 3.05) is 0 Å². The van der Waals surface area contributed by atoms with Crippen LogP contribution in [0.4, 0.5) is 0 Å². The van der Waals surface area contributed by atoms with E-state index in [1.54, 1.807) is 6.20 Å². The Balaban J connectivity index is 5.35. The maximum absolute atomic E-state index is 12.3. The highest BCUT2D eigenvalue weighted by Crippen LogP contribution is 2.10. The summed E-state index contributed by atoms with van der Waals surface area (Å²) in [6, 6.07) is -2.14. The van der Waals surface area contributed by atoms with E-state index in [4.69, 9.17) is 11.5 Å². The summed E-state index contributed by atoms with van der Waals surface area (Å²) in [5.41, 5.74) is 12.6. The fraction of sp³-hybridized carbons (Fsp3) is 0.556. The van der Waals surface area contributed by atoms with Crippen molar-refractivity contribution in [3.63, 3.8) is 0 Å². The van der Waals surface area contributed by atoms with Gasteiger partial charge in [0.2, 0.25) is 5.91 Å². The number of Topliss-reactive ketones (excluding diaryl/α,β-unsaturated/α-hetero) is 1. The summed E-state index contributed by atoms with van der Waals surface area (Å²) >= 11 is 0. The summed E-state index contributed by atoms with van der Waals surface area (Å²) in [7, 11) is 0. The molecule has 0 aromatic heterocycles. The van der Waals surface area contributed by atoms with Gasteiger partial charge in [-0.15, -0.1) is 0 Å². The third-order valence-corrected chi connectivity index (χ3v) is 3.85. The average molecular weight is 367 g/mol. The summed E-state index contributed by atoms with van der Waals surface area (Å²) in [6.45, 7) is 14.0. The number of amides is 1. The molecular weight excluding hydrogens is 334 g/mol. The number of aliphatic hydroxyl groups is 1. The van der Waals surface area contributed by atoms with E-state index in [1.165, 1.54) is 20.0 Å². The molecule has 0 heterocycles. The Kier molecular flexibility index (Phi) is 10.3. The molecule has 0 fully saturated rings. The van der Waals surface area contributed by atoms with Crippen LogP contribution in [0.25, 0.3) is 0 Å². The summed E-state index contributed by atoms with van der Waals surface area (Å²) in [5.74, 6) is -0.648. The monoisotopic (exact) mass is 367 g/mol. The number of nitrogens with one attached hydrogen (secondary N) is 3. The van der Waals surface area contributed by atoms with Crippen LogP contribution in [0.1, 0.15) is 34.1 Å². The molecule has 0 unspecified atom stereocenters. The van der Waals surface area contributed by atoms with Crippen molar-refractivity contribution in [2.24, 2.45) is 17.4 Å². The molecule has 8 heteroatoms. The molecular formula is C18H33N5O3. The lowest BCUT2D eigenvalue weighted by molar-refractivity contribution is -0.123. The van der Waals surface area contributed by atoms with Crippen molar-refractivity contribution in [3.8, 4) is 0 Å². The van der Waals surface area contributed by atoms with Gasteiger partial charge < -0.3 is 32.5 Å². The molecule has 8 N–H and O–H groups in total. The van der Waals surface area contributed by atoms with Gasteiger partial charge in [0.15, 0.2) is 5.78 Å².